The lowest BCUT2D eigenvalue weighted by Gasteiger charge is -2.36. The van der Waals surface area contributed by atoms with Crippen LogP contribution in [0.25, 0.3) is 33.6 Å². The van der Waals surface area contributed by atoms with Crippen LogP contribution in [0.2, 0.25) is 0 Å². The number of likely N-dealkylation sites (tertiary alicyclic amines) is 1. The van der Waals surface area contributed by atoms with E-state index in [9.17, 15) is 9.59 Å². The van der Waals surface area contributed by atoms with Gasteiger partial charge in [-0.2, -0.15) is 0 Å². The van der Waals surface area contributed by atoms with Crippen LogP contribution in [0, 0.1) is 0 Å². The van der Waals surface area contributed by atoms with Gasteiger partial charge in [0, 0.05) is 62.9 Å². The summed E-state index contributed by atoms with van der Waals surface area (Å²) in [7, 11) is 5.26. The molecule has 3 aliphatic rings. The molecular weight excluding hydrogens is 644 g/mol. The van der Waals surface area contributed by atoms with E-state index in [4.69, 9.17) is 25.2 Å². The maximum Gasteiger partial charge on any atom is 0.254 e. The van der Waals surface area contributed by atoms with Gasteiger partial charge in [-0.15, -0.1) is 0 Å². The van der Waals surface area contributed by atoms with Crippen LogP contribution >= 0.6 is 0 Å². The first-order valence-corrected chi connectivity index (χ1v) is 18.2. The zero-order valence-electron chi connectivity index (χ0n) is 29.8. The van der Waals surface area contributed by atoms with Gasteiger partial charge in [-0.3, -0.25) is 14.6 Å². The molecule has 6 heterocycles. The predicted molar refractivity (Wildman–Crippen MR) is 195 cm³/mol. The molecule has 12 nitrogen and oxygen atoms in total. The number of nitrogens with two attached hydrogens (primary N) is 1. The molecule has 2 amide bonds. The molecule has 2 fully saturated rings. The second-order valence-electron chi connectivity index (χ2n) is 14.4. The number of carbonyl (C=O) groups excluding carboxylic acids is 2. The molecular formula is C39H46N8O4. The number of nitrogens with zero attached hydrogens (tertiary/aromatic N) is 6. The Balaban J connectivity index is 1.16. The molecule has 1 saturated heterocycles. The number of hydrogen-bond donors (Lipinski definition) is 2. The largest absolute Gasteiger partial charge is 0.494 e. The van der Waals surface area contributed by atoms with E-state index in [1.54, 1.807) is 25.2 Å². The molecule has 266 valence electrons. The van der Waals surface area contributed by atoms with Crippen molar-refractivity contribution in [3.63, 3.8) is 0 Å². The number of aromatic nitrogens is 5. The Morgan fingerprint density at radius 3 is 2.63 bits per heavy atom. The third-order valence-corrected chi connectivity index (χ3v) is 11.0. The van der Waals surface area contributed by atoms with E-state index in [0.29, 0.717) is 42.3 Å². The fraction of sp³-hybridized carbons (Fsp3) is 0.462. The van der Waals surface area contributed by atoms with E-state index in [2.05, 4.69) is 27.0 Å². The lowest BCUT2D eigenvalue weighted by Crippen LogP contribution is -2.53. The normalized spacial score (nSPS) is 21.5. The molecule has 0 radical (unpaired) electrons. The van der Waals surface area contributed by atoms with Crippen LogP contribution in [0.15, 0.2) is 42.6 Å². The van der Waals surface area contributed by atoms with Crippen LogP contribution in [-0.4, -0.2) is 80.3 Å². The smallest absolute Gasteiger partial charge is 0.254 e. The van der Waals surface area contributed by atoms with Crippen molar-refractivity contribution in [3.05, 3.63) is 70.7 Å². The average Bonchev–Trinajstić information content (AvgIpc) is 3.85. The molecule has 4 aromatic heterocycles. The monoisotopic (exact) mass is 690 g/mol. The van der Waals surface area contributed by atoms with Crippen molar-refractivity contribution in [1.82, 2.24) is 34.3 Å². The Kier molecular flexibility index (Phi) is 8.75. The summed E-state index contributed by atoms with van der Waals surface area (Å²) in [6.07, 6.45) is 8.40. The van der Waals surface area contributed by atoms with Crippen molar-refractivity contribution < 1.29 is 19.1 Å². The van der Waals surface area contributed by atoms with Crippen LogP contribution in [0.3, 0.4) is 0 Å². The minimum Gasteiger partial charge on any atom is -0.494 e. The predicted octanol–water partition coefficient (Wildman–Crippen LogP) is 5.28. The van der Waals surface area contributed by atoms with Crippen molar-refractivity contribution in [2.75, 3.05) is 27.3 Å². The first-order chi connectivity index (χ1) is 24.7. The highest BCUT2D eigenvalue weighted by Gasteiger charge is 2.33. The standard InChI is InChI=1S/C39H46N8O4/c1-22-28-12-11-25-19-30(47(36(25)43-28)16-7-5-6-8-23-13-15-41-34(24-9-10-24)33(23)38(48)42-22)37-44-29-18-26(20-32(51-4)35(29)45(37)2)39(49)46-17-14-31(50-3)27(40)21-46/h11-13,15,18-20,22,24,27,31H,5-10,14,16-17,21,40H2,1-4H3,(H,42,48)/t22-,27+,31-/m1/s1. The number of aryl methyl sites for hydroxylation is 3. The highest BCUT2D eigenvalue weighted by Crippen LogP contribution is 2.42. The van der Waals surface area contributed by atoms with Crippen LogP contribution in [-0.2, 0) is 24.8 Å². The topological polar surface area (TPSA) is 142 Å². The highest BCUT2D eigenvalue weighted by atomic mass is 16.5. The highest BCUT2D eigenvalue weighted by molar-refractivity contribution is 6.00. The molecule has 12 heteroatoms. The number of ether oxygens (including phenoxy) is 2. The number of imidazole rings is 1. The summed E-state index contributed by atoms with van der Waals surface area (Å²) in [5.74, 6) is 1.54. The molecule has 8 rings (SSSR count). The summed E-state index contributed by atoms with van der Waals surface area (Å²) in [6.45, 7) is 3.74. The zero-order chi connectivity index (χ0) is 35.4. The Morgan fingerprint density at radius 1 is 1.02 bits per heavy atom. The molecule has 3 N–H and O–H groups in total. The Hall–Kier alpha value is -4.81. The number of carbonyl (C=O) groups is 2. The van der Waals surface area contributed by atoms with Crippen molar-refractivity contribution in [2.45, 2.75) is 82.5 Å². The average molecular weight is 691 g/mol. The Labute approximate surface area is 297 Å². The number of benzene rings is 1. The fourth-order valence-electron chi connectivity index (χ4n) is 8.00. The van der Waals surface area contributed by atoms with Crippen molar-refractivity contribution >= 4 is 33.9 Å². The van der Waals surface area contributed by atoms with E-state index in [0.717, 1.165) is 95.7 Å². The Bertz CT molecular complexity index is 2150. The molecule has 0 spiro atoms. The second kappa shape index (κ2) is 13.4. The quantitative estimate of drug-likeness (QED) is 0.254. The molecule has 0 unspecified atom stereocenters. The number of pyridine rings is 2. The van der Waals surface area contributed by atoms with Crippen LogP contribution < -0.4 is 15.8 Å². The zero-order valence-corrected chi connectivity index (χ0v) is 29.8. The lowest BCUT2D eigenvalue weighted by atomic mass is 9.97. The third-order valence-electron chi connectivity index (χ3n) is 11.0. The van der Waals surface area contributed by atoms with Crippen molar-refractivity contribution in [1.29, 1.82) is 0 Å². The van der Waals surface area contributed by atoms with E-state index in [1.165, 1.54) is 0 Å². The summed E-state index contributed by atoms with van der Waals surface area (Å²) < 4.78 is 15.7. The van der Waals surface area contributed by atoms with Gasteiger partial charge in [0.05, 0.1) is 47.4 Å². The van der Waals surface area contributed by atoms with E-state index in [1.807, 2.05) is 42.9 Å². The molecule has 1 aromatic carbocycles. The number of amides is 2. The van der Waals surface area contributed by atoms with Crippen molar-refractivity contribution in [2.24, 2.45) is 12.8 Å². The van der Waals surface area contributed by atoms with Crippen molar-refractivity contribution in [3.8, 4) is 17.3 Å². The number of fused-ring (bicyclic) bond motifs is 3. The minimum absolute atomic E-state index is 0.0603. The molecule has 2 bridgehead atoms. The fourth-order valence-corrected chi connectivity index (χ4v) is 8.00. The summed E-state index contributed by atoms with van der Waals surface area (Å²) in [4.78, 5) is 44.3. The molecule has 51 heavy (non-hydrogen) atoms. The van der Waals surface area contributed by atoms with Gasteiger partial charge in [-0.25, -0.2) is 9.97 Å². The van der Waals surface area contributed by atoms with E-state index in [-0.39, 0.29) is 30.0 Å². The van der Waals surface area contributed by atoms with E-state index >= 15 is 0 Å². The molecule has 5 aromatic rings. The number of piperidine rings is 1. The van der Waals surface area contributed by atoms with Gasteiger partial charge in [-0.1, -0.05) is 6.42 Å². The Morgan fingerprint density at radius 2 is 1.86 bits per heavy atom. The maximum atomic E-state index is 13.8. The van der Waals surface area contributed by atoms with Crippen LogP contribution in [0.4, 0.5) is 0 Å². The number of hydrogen-bond acceptors (Lipinski definition) is 8. The molecule has 3 atom stereocenters. The number of rotatable bonds is 5. The maximum absolute atomic E-state index is 13.8. The van der Waals surface area contributed by atoms with Gasteiger partial charge in [0.2, 0.25) is 0 Å². The SMILES string of the molecule is COc1cc(C(=O)N2CC[C@@H](OC)[C@@H](N)C2)cc2nc(-c3cc4ccc5nc4n3CCCCCc3ccnc(C4CC4)c3C(=O)N[C@@H]5C)n(C)c12. The van der Waals surface area contributed by atoms with Gasteiger partial charge in [-0.05, 0) is 87.4 Å². The molecule has 1 saturated carbocycles. The summed E-state index contributed by atoms with van der Waals surface area (Å²) in [5.41, 5.74) is 13.7. The van der Waals surface area contributed by atoms with Crippen LogP contribution in [0.5, 0.6) is 5.75 Å². The van der Waals surface area contributed by atoms with Crippen LogP contribution in [0.1, 0.15) is 95.1 Å². The van der Waals surface area contributed by atoms with Gasteiger partial charge >= 0.3 is 0 Å². The summed E-state index contributed by atoms with van der Waals surface area (Å²) >= 11 is 0. The van der Waals surface area contributed by atoms with Gasteiger partial charge in [0.15, 0.2) is 5.82 Å². The molecule has 2 aliphatic heterocycles. The minimum atomic E-state index is -0.303. The number of methoxy groups -OCH3 is 2. The summed E-state index contributed by atoms with van der Waals surface area (Å²) in [6, 6.07) is 11.3. The third kappa shape index (κ3) is 6.03. The van der Waals surface area contributed by atoms with Gasteiger partial charge in [0.1, 0.15) is 16.9 Å². The lowest BCUT2D eigenvalue weighted by molar-refractivity contribution is 0.0227. The number of nitrogens with one attached hydrogen (secondary N) is 1. The van der Waals surface area contributed by atoms with Gasteiger partial charge < -0.3 is 34.6 Å². The first-order valence-electron chi connectivity index (χ1n) is 18.2. The van der Waals surface area contributed by atoms with Gasteiger partial charge in [0.25, 0.3) is 11.8 Å². The molecule has 1 aliphatic carbocycles. The first kappa shape index (κ1) is 33.3. The van der Waals surface area contributed by atoms with E-state index < -0.39 is 0 Å². The summed E-state index contributed by atoms with van der Waals surface area (Å²) in [5, 5.41) is 4.25. The second-order valence-corrected chi connectivity index (χ2v) is 14.4.